The topological polar surface area (TPSA) is 39.9 Å². The molecular formula is C23H45N2O+. The average molecular weight is 366 g/mol. The highest BCUT2D eigenvalue weighted by Crippen LogP contribution is 2.14. The molecule has 0 aromatic carbocycles. The molecule has 0 saturated carbocycles. The van der Waals surface area contributed by atoms with Crippen molar-refractivity contribution in [1.29, 1.82) is 0 Å². The van der Waals surface area contributed by atoms with Crippen molar-refractivity contribution in [2.75, 3.05) is 0 Å². The Hall–Kier alpha value is -0.830. The number of aliphatic hydroxyl groups excluding tert-OH is 1. The van der Waals surface area contributed by atoms with Crippen molar-refractivity contribution in [3.05, 3.63) is 18.7 Å². The SMILES string of the molecule is CCCCCCCCCCCCCCCCCCC(O)C[n+]1cc[nH]c1. The van der Waals surface area contributed by atoms with Gasteiger partial charge in [-0.2, -0.15) is 0 Å². The van der Waals surface area contributed by atoms with Crippen LogP contribution in [0.25, 0.3) is 0 Å². The van der Waals surface area contributed by atoms with Gasteiger partial charge in [-0.1, -0.05) is 110 Å². The third-order valence-corrected chi connectivity index (χ3v) is 5.42. The molecule has 3 nitrogen and oxygen atoms in total. The highest BCUT2D eigenvalue weighted by molar-refractivity contribution is 4.58. The van der Waals surface area contributed by atoms with E-state index in [1.165, 1.54) is 96.3 Å². The van der Waals surface area contributed by atoms with Gasteiger partial charge in [-0.05, 0) is 6.42 Å². The summed E-state index contributed by atoms with van der Waals surface area (Å²) in [5, 5.41) is 10.0. The van der Waals surface area contributed by atoms with E-state index in [9.17, 15) is 5.11 Å². The number of aromatic nitrogens is 2. The lowest BCUT2D eigenvalue weighted by molar-refractivity contribution is -0.702. The van der Waals surface area contributed by atoms with Gasteiger partial charge in [-0.25, -0.2) is 4.57 Å². The van der Waals surface area contributed by atoms with Crippen LogP contribution in [-0.4, -0.2) is 16.2 Å². The van der Waals surface area contributed by atoms with Crippen LogP contribution in [0.5, 0.6) is 0 Å². The second-order valence-electron chi connectivity index (χ2n) is 8.05. The Balaban J connectivity index is 1.72. The first-order valence-electron chi connectivity index (χ1n) is 11.5. The second-order valence-corrected chi connectivity index (χ2v) is 8.05. The summed E-state index contributed by atoms with van der Waals surface area (Å²) in [7, 11) is 0. The highest BCUT2D eigenvalue weighted by atomic mass is 16.3. The fraction of sp³-hybridized carbons (Fsp3) is 0.870. The van der Waals surface area contributed by atoms with Crippen LogP contribution in [0.4, 0.5) is 0 Å². The van der Waals surface area contributed by atoms with Crippen molar-refractivity contribution in [1.82, 2.24) is 4.98 Å². The summed E-state index contributed by atoms with van der Waals surface area (Å²) in [5.41, 5.74) is 0. The molecule has 0 amide bonds. The Bertz CT molecular complexity index is 378. The summed E-state index contributed by atoms with van der Waals surface area (Å²) >= 11 is 0. The molecule has 26 heavy (non-hydrogen) atoms. The van der Waals surface area contributed by atoms with Crippen molar-refractivity contribution in [3.63, 3.8) is 0 Å². The molecule has 1 rings (SSSR count). The summed E-state index contributed by atoms with van der Waals surface area (Å²) in [6.45, 7) is 3.00. The number of H-pyrrole nitrogens is 1. The molecule has 0 aliphatic carbocycles. The van der Waals surface area contributed by atoms with Crippen LogP contribution in [-0.2, 0) is 6.54 Å². The lowest BCUT2D eigenvalue weighted by Gasteiger charge is -2.08. The standard InChI is InChI=1S/C23H44N2O/c1-2-3-4-5-6-7-8-9-10-11-12-13-14-15-16-17-18-23(26)21-25-20-19-24-22-25/h19-20,22-23,26H,2-18,21H2,1H3/p+1. The van der Waals surface area contributed by atoms with Crippen LogP contribution in [0.3, 0.4) is 0 Å². The fourth-order valence-electron chi connectivity index (χ4n) is 3.70. The molecule has 152 valence electrons. The largest absolute Gasteiger partial charge is 0.389 e. The molecule has 2 N–H and O–H groups in total. The van der Waals surface area contributed by atoms with Gasteiger partial charge in [0.2, 0.25) is 6.33 Å². The number of aromatic amines is 1. The van der Waals surface area contributed by atoms with Crippen molar-refractivity contribution >= 4 is 0 Å². The summed E-state index contributed by atoms with van der Waals surface area (Å²) in [4.78, 5) is 3.01. The number of hydrogen-bond donors (Lipinski definition) is 2. The van der Waals surface area contributed by atoms with E-state index in [0.29, 0.717) is 6.54 Å². The number of nitrogens with zero attached hydrogens (tertiary/aromatic N) is 1. The Kier molecular flexibility index (Phi) is 15.7. The smallest absolute Gasteiger partial charge is 0.241 e. The number of nitrogens with one attached hydrogen (secondary N) is 1. The first kappa shape index (κ1) is 23.2. The molecule has 0 fully saturated rings. The fourth-order valence-corrected chi connectivity index (χ4v) is 3.70. The third-order valence-electron chi connectivity index (χ3n) is 5.42. The summed E-state index contributed by atoms with van der Waals surface area (Å²) in [5.74, 6) is 0. The van der Waals surface area contributed by atoms with Crippen LogP contribution in [0.1, 0.15) is 116 Å². The van der Waals surface area contributed by atoms with Gasteiger partial charge in [0.1, 0.15) is 18.9 Å². The molecule has 1 heterocycles. The van der Waals surface area contributed by atoms with Crippen LogP contribution in [0, 0.1) is 0 Å². The van der Waals surface area contributed by atoms with Crippen LogP contribution in [0.15, 0.2) is 18.7 Å². The van der Waals surface area contributed by atoms with E-state index in [2.05, 4.69) is 11.9 Å². The molecule has 0 bridgehead atoms. The van der Waals surface area contributed by atoms with E-state index < -0.39 is 0 Å². The molecule has 1 unspecified atom stereocenters. The van der Waals surface area contributed by atoms with Crippen LogP contribution < -0.4 is 4.57 Å². The van der Waals surface area contributed by atoms with E-state index in [-0.39, 0.29) is 6.10 Å². The number of aliphatic hydroxyl groups is 1. The predicted octanol–water partition coefficient (Wildman–Crippen LogP) is 6.31. The number of hydrogen-bond acceptors (Lipinski definition) is 1. The van der Waals surface area contributed by atoms with Gasteiger partial charge < -0.3 is 5.11 Å². The molecule has 0 spiro atoms. The van der Waals surface area contributed by atoms with Crippen molar-refractivity contribution < 1.29 is 9.67 Å². The Labute approximate surface area is 162 Å². The van der Waals surface area contributed by atoms with Crippen molar-refractivity contribution in [2.45, 2.75) is 129 Å². The zero-order valence-corrected chi connectivity index (χ0v) is 17.4. The molecule has 0 radical (unpaired) electrons. The zero-order valence-electron chi connectivity index (χ0n) is 17.4. The molecule has 1 aromatic heterocycles. The first-order valence-corrected chi connectivity index (χ1v) is 11.5. The van der Waals surface area contributed by atoms with Gasteiger partial charge in [0.15, 0.2) is 0 Å². The molecule has 1 atom stereocenters. The van der Waals surface area contributed by atoms with E-state index in [1.807, 2.05) is 23.3 Å². The minimum absolute atomic E-state index is 0.206. The predicted molar refractivity (Wildman–Crippen MR) is 111 cm³/mol. The molecule has 3 heteroatoms. The van der Waals surface area contributed by atoms with E-state index in [0.717, 1.165) is 12.8 Å². The Morgan fingerprint density at radius 2 is 1.19 bits per heavy atom. The molecule has 0 saturated heterocycles. The maximum Gasteiger partial charge on any atom is 0.241 e. The van der Waals surface area contributed by atoms with Gasteiger partial charge in [-0.3, -0.25) is 4.98 Å². The van der Waals surface area contributed by atoms with Crippen molar-refractivity contribution in [3.8, 4) is 0 Å². The Morgan fingerprint density at radius 3 is 1.62 bits per heavy atom. The van der Waals surface area contributed by atoms with E-state index in [4.69, 9.17) is 0 Å². The maximum atomic E-state index is 10.0. The average Bonchev–Trinajstić information content (AvgIpc) is 3.14. The van der Waals surface area contributed by atoms with Crippen molar-refractivity contribution in [2.24, 2.45) is 0 Å². The van der Waals surface area contributed by atoms with Gasteiger partial charge in [0.25, 0.3) is 0 Å². The second kappa shape index (κ2) is 17.6. The molecular weight excluding hydrogens is 320 g/mol. The number of rotatable bonds is 19. The number of unbranched alkanes of at least 4 members (excludes halogenated alkanes) is 15. The summed E-state index contributed by atoms with van der Waals surface area (Å²) in [6.07, 6.45) is 28.8. The Morgan fingerprint density at radius 1 is 0.731 bits per heavy atom. The lowest BCUT2D eigenvalue weighted by atomic mass is 10.0. The normalized spacial score (nSPS) is 12.5. The summed E-state index contributed by atoms with van der Waals surface area (Å²) < 4.78 is 2.01. The van der Waals surface area contributed by atoms with E-state index >= 15 is 0 Å². The lowest BCUT2D eigenvalue weighted by Crippen LogP contribution is -2.37. The van der Waals surface area contributed by atoms with Gasteiger partial charge >= 0.3 is 0 Å². The highest BCUT2D eigenvalue weighted by Gasteiger charge is 2.07. The van der Waals surface area contributed by atoms with E-state index in [1.54, 1.807) is 0 Å². The zero-order chi connectivity index (χ0) is 18.7. The monoisotopic (exact) mass is 365 g/mol. The third kappa shape index (κ3) is 14.4. The first-order chi connectivity index (χ1) is 12.8. The number of imidazole rings is 1. The maximum absolute atomic E-state index is 10.0. The van der Waals surface area contributed by atoms with Crippen LogP contribution >= 0.6 is 0 Å². The minimum atomic E-state index is -0.206. The molecule has 0 aliphatic heterocycles. The molecule has 0 aliphatic rings. The van der Waals surface area contributed by atoms with Gasteiger partial charge in [0, 0.05) is 0 Å². The van der Waals surface area contributed by atoms with Gasteiger partial charge in [0.05, 0.1) is 6.10 Å². The van der Waals surface area contributed by atoms with Crippen LogP contribution in [0.2, 0.25) is 0 Å². The molecule has 1 aromatic rings. The summed E-state index contributed by atoms with van der Waals surface area (Å²) in [6, 6.07) is 0. The van der Waals surface area contributed by atoms with Gasteiger partial charge in [-0.15, -0.1) is 0 Å². The minimum Gasteiger partial charge on any atom is -0.389 e. The quantitative estimate of drug-likeness (QED) is 0.219.